The quantitative estimate of drug-likeness (QED) is 0.836. The van der Waals surface area contributed by atoms with Crippen LogP contribution >= 0.6 is 0 Å². The van der Waals surface area contributed by atoms with Crippen LogP contribution in [0.5, 0.6) is 0 Å². The summed E-state index contributed by atoms with van der Waals surface area (Å²) >= 11 is 0. The summed E-state index contributed by atoms with van der Waals surface area (Å²) in [4.78, 5) is 29.2. The number of nitrogens with one attached hydrogen (secondary N) is 1. The van der Waals surface area contributed by atoms with Crippen molar-refractivity contribution < 1.29 is 9.59 Å². The minimum Gasteiger partial charge on any atom is -0.356 e. The molecule has 1 atom stereocenters. The van der Waals surface area contributed by atoms with Gasteiger partial charge in [0.1, 0.15) is 0 Å². The maximum Gasteiger partial charge on any atom is 0.236 e. The Kier molecular flexibility index (Phi) is 6.52. The van der Waals surface area contributed by atoms with E-state index in [9.17, 15) is 9.59 Å². The lowest BCUT2D eigenvalue weighted by Crippen LogP contribution is -2.48. The third kappa shape index (κ3) is 5.47. The predicted octanol–water partition coefficient (Wildman–Crippen LogP) is 2.02. The van der Waals surface area contributed by atoms with E-state index in [2.05, 4.69) is 15.1 Å². The molecular formula is C19H33N3O2. The molecule has 3 fully saturated rings. The molecule has 0 spiro atoms. The van der Waals surface area contributed by atoms with Crippen molar-refractivity contribution in [3.63, 3.8) is 0 Å². The van der Waals surface area contributed by atoms with Gasteiger partial charge >= 0.3 is 0 Å². The van der Waals surface area contributed by atoms with Crippen molar-refractivity contribution in [1.82, 2.24) is 15.1 Å². The molecule has 0 radical (unpaired) electrons. The van der Waals surface area contributed by atoms with Crippen molar-refractivity contribution in [3.05, 3.63) is 0 Å². The molecule has 0 aromatic carbocycles. The summed E-state index contributed by atoms with van der Waals surface area (Å²) in [5, 5.41) is 3.11. The van der Waals surface area contributed by atoms with Gasteiger partial charge in [0.15, 0.2) is 0 Å². The van der Waals surface area contributed by atoms with E-state index in [1.54, 1.807) is 0 Å². The number of rotatable bonds is 5. The van der Waals surface area contributed by atoms with E-state index in [-0.39, 0.29) is 17.7 Å². The second-order valence-electron chi connectivity index (χ2n) is 7.91. The molecule has 0 unspecified atom stereocenters. The predicted molar refractivity (Wildman–Crippen MR) is 94.6 cm³/mol. The number of carbonyl (C=O) groups excluding carboxylic acids is 2. The van der Waals surface area contributed by atoms with Crippen LogP contribution < -0.4 is 5.32 Å². The topological polar surface area (TPSA) is 52.7 Å². The molecule has 1 saturated carbocycles. The average Bonchev–Trinajstić information content (AvgIpc) is 3.36. The minimum atomic E-state index is 0.0673. The van der Waals surface area contributed by atoms with Crippen LogP contribution in [0.1, 0.15) is 57.8 Å². The summed E-state index contributed by atoms with van der Waals surface area (Å²) in [5.74, 6) is 1.25. The summed E-state index contributed by atoms with van der Waals surface area (Å²) in [6.07, 6.45) is 10.6. The van der Waals surface area contributed by atoms with Crippen LogP contribution in [0.4, 0.5) is 0 Å². The van der Waals surface area contributed by atoms with Crippen LogP contribution in [-0.4, -0.2) is 60.9 Å². The molecule has 2 aliphatic heterocycles. The average molecular weight is 335 g/mol. The van der Waals surface area contributed by atoms with E-state index in [0.29, 0.717) is 6.54 Å². The Balaban J connectivity index is 1.43. The van der Waals surface area contributed by atoms with Crippen LogP contribution in [0, 0.1) is 11.8 Å². The lowest BCUT2D eigenvalue weighted by atomic mass is 9.97. The number of carbonyl (C=O) groups is 2. The number of piperidine rings is 1. The molecule has 136 valence electrons. The molecule has 0 aromatic rings. The van der Waals surface area contributed by atoms with Gasteiger partial charge in [-0.2, -0.15) is 0 Å². The SMILES string of the molecule is O=C(NCC1CC1)[C@H]1CCCN(CC(=O)N2CCCCCCC2)C1. The smallest absolute Gasteiger partial charge is 0.236 e. The van der Waals surface area contributed by atoms with Crippen LogP contribution in [0.3, 0.4) is 0 Å². The zero-order valence-electron chi connectivity index (χ0n) is 15.0. The van der Waals surface area contributed by atoms with Gasteiger partial charge in [-0.05, 0) is 51.0 Å². The number of hydrogen-bond acceptors (Lipinski definition) is 3. The van der Waals surface area contributed by atoms with Gasteiger partial charge in [0.2, 0.25) is 11.8 Å². The van der Waals surface area contributed by atoms with Crippen molar-refractivity contribution in [1.29, 1.82) is 0 Å². The van der Waals surface area contributed by atoms with Crippen molar-refractivity contribution in [3.8, 4) is 0 Å². The summed E-state index contributed by atoms with van der Waals surface area (Å²) in [5.41, 5.74) is 0. The monoisotopic (exact) mass is 335 g/mol. The van der Waals surface area contributed by atoms with Crippen molar-refractivity contribution in [2.75, 3.05) is 39.3 Å². The van der Waals surface area contributed by atoms with E-state index in [0.717, 1.165) is 64.3 Å². The van der Waals surface area contributed by atoms with E-state index in [4.69, 9.17) is 0 Å². The first kappa shape index (κ1) is 17.7. The van der Waals surface area contributed by atoms with Crippen LogP contribution in [0.15, 0.2) is 0 Å². The molecule has 3 rings (SSSR count). The van der Waals surface area contributed by atoms with Crippen molar-refractivity contribution in [2.24, 2.45) is 11.8 Å². The number of likely N-dealkylation sites (tertiary alicyclic amines) is 2. The molecule has 24 heavy (non-hydrogen) atoms. The fourth-order valence-electron chi connectivity index (χ4n) is 3.91. The van der Waals surface area contributed by atoms with Gasteiger partial charge in [0.25, 0.3) is 0 Å². The maximum atomic E-state index is 12.6. The fourth-order valence-corrected chi connectivity index (χ4v) is 3.91. The highest BCUT2D eigenvalue weighted by atomic mass is 16.2. The van der Waals surface area contributed by atoms with Crippen molar-refractivity contribution >= 4 is 11.8 Å². The molecule has 2 amide bonds. The first-order valence-electron chi connectivity index (χ1n) is 10.0. The highest BCUT2D eigenvalue weighted by Gasteiger charge is 2.29. The van der Waals surface area contributed by atoms with E-state index in [1.807, 2.05) is 0 Å². The Labute approximate surface area is 146 Å². The zero-order valence-corrected chi connectivity index (χ0v) is 15.0. The van der Waals surface area contributed by atoms with E-state index in [1.165, 1.54) is 32.1 Å². The Morgan fingerprint density at radius 1 is 0.875 bits per heavy atom. The molecule has 0 aromatic heterocycles. The van der Waals surface area contributed by atoms with Crippen LogP contribution in [0.2, 0.25) is 0 Å². The Bertz CT molecular complexity index is 428. The summed E-state index contributed by atoms with van der Waals surface area (Å²) in [6, 6.07) is 0. The summed E-state index contributed by atoms with van der Waals surface area (Å²) < 4.78 is 0. The van der Waals surface area contributed by atoms with E-state index >= 15 is 0 Å². The highest BCUT2D eigenvalue weighted by Crippen LogP contribution is 2.28. The van der Waals surface area contributed by atoms with Crippen molar-refractivity contribution in [2.45, 2.75) is 57.8 Å². The lowest BCUT2D eigenvalue weighted by molar-refractivity contribution is -0.135. The summed E-state index contributed by atoms with van der Waals surface area (Å²) in [7, 11) is 0. The lowest BCUT2D eigenvalue weighted by Gasteiger charge is -2.33. The number of amides is 2. The number of nitrogens with zero attached hydrogens (tertiary/aromatic N) is 2. The van der Waals surface area contributed by atoms with Gasteiger partial charge in [0, 0.05) is 26.2 Å². The fraction of sp³-hybridized carbons (Fsp3) is 0.895. The second-order valence-corrected chi connectivity index (χ2v) is 7.91. The standard InChI is InChI=1S/C19H33N3O2/c23-18(22-11-4-2-1-3-5-12-22)15-21-10-6-7-17(14-21)19(24)20-13-16-8-9-16/h16-17H,1-15H2,(H,20,24)/t17-/m0/s1. The molecule has 0 bridgehead atoms. The Morgan fingerprint density at radius 3 is 2.29 bits per heavy atom. The molecule has 2 saturated heterocycles. The van der Waals surface area contributed by atoms with Gasteiger partial charge in [-0.15, -0.1) is 0 Å². The van der Waals surface area contributed by atoms with Gasteiger partial charge in [-0.3, -0.25) is 14.5 Å². The molecule has 5 nitrogen and oxygen atoms in total. The maximum absolute atomic E-state index is 12.6. The van der Waals surface area contributed by atoms with Crippen LogP contribution in [-0.2, 0) is 9.59 Å². The normalized spacial score (nSPS) is 26.5. The van der Waals surface area contributed by atoms with Gasteiger partial charge in [0.05, 0.1) is 12.5 Å². The first-order chi connectivity index (χ1) is 11.7. The molecule has 1 aliphatic carbocycles. The second kappa shape index (κ2) is 8.84. The first-order valence-corrected chi connectivity index (χ1v) is 10.0. The largest absolute Gasteiger partial charge is 0.356 e. The number of hydrogen-bond donors (Lipinski definition) is 1. The third-order valence-corrected chi connectivity index (χ3v) is 5.71. The molecule has 3 aliphatic rings. The van der Waals surface area contributed by atoms with Crippen LogP contribution in [0.25, 0.3) is 0 Å². The molecule has 1 N–H and O–H groups in total. The minimum absolute atomic E-state index is 0.0673. The highest BCUT2D eigenvalue weighted by molar-refractivity contribution is 5.80. The van der Waals surface area contributed by atoms with Gasteiger partial charge in [-0.1, -0.05) is 19.3 Å². The molecule has 5 heteroatoms. The summed E-state index contributed by atoms with van der Waals surface area (Å²) in [6.45, 7) is 4.87. The Hall–Kier alpha value is -1.10. The molecular weight excluding hydrogens is 302 g/mol. The van der Waals surface area contributed by atoms with Gasteiger partial charge < -0.3 is 10.2 Å². The molecule has 2 heterocycles. The Morgan fingerprint density at radius 2 is 1.58 bits per heavy atom. The van der Waals surface area contributed by atoms with E-state index < -0.39 is 0 Å². The zero-order chi connectivity index (χ0) is 16.8. The van der Waals surface area contributed by atoms with Gasteiger partial charge in [-0.25, -0.2) is 0 Å². The third-order valence-electron chi connectivity index (χ3n) is 5.71.